The quantitative estimate of drug-likeness (QED) is 0.596. The predicted octanol–water partition coefficient (Wildman–Crippen LogP) is 4.47. The Morgan fingerprint density at radius 1 is 1.21 bits per heavy atom. The van der Waals surface area contributed by atoms with E-state index in [1.54, 1.807) is 5.92 Å². The van der Waals surface area contributed by atoms with Gasteiger partial charge in [0.2, 0.25) is 0 Å². The summed E-state index contributed by atoms with van der Waals surface area (Å²) in [7, 11) is 0. The molecule has 1 aromatic carbocycles. The maximum Gasteiger partial charge on any atom is 0.133 e. The van der Waals surface area contributed by atoms with Crippen LogP contribution in [0.4, 0.5) is 0 Å². The van der Waals surface area contributed by atoms with E-state index in [-0.39, 0.29) is 0 Å². The summed E-state index contributed by atoms with van der Waals surface area (Å²) in [6, 6.07) is 8.29. The van der Waals surface area contributed by atoms with Crippen molar-refractivity contribution in [2.45, 2.75) is 32.6 Å². The first kappa shape index (κ1) is 9.92. The third kappa shape index (κ3) is 2.06. The molecule has 0 spiro atoms. The van der Waals surface area contributed by atoms with Gasteiger partial charge in [-0.1, -0.05) is 18.0 Å². The van der Waals surface area contributed by atoms with Crippen LogP contribution in [0, 0.1) is 11.8 Å². The predicted molar refractivity (Wildman–Crippen MR) is 61.4 cm³/mol. The number of rotatable bonds is 1. The van der Waals surface area contributed by atoms with Crippen molar-refractivity contribution < 1.29 is 0 Å². The summed E-state index contributed by atoms with van der Waals surface area (Å²) in [6.07, 6.45) is 5.35. The van der Waals surface area contributed by atoms with Crippen LogP contribution in [-0.4, -0.2) is 0 Å². The van der Waals surface area contributed by atoms with E-state index < -0.39 is 0 Å². The van der Waals surface area contributed by atoms with E-state index in [9.17, 15) is 0 Å². The number of hydrogen-bond donors (Lipinski definition) is 0. The van der Waals surface area contributed by atoms with E-state index >= 15 is 0 Å². The SMILES string of the molecule is CC1CCCC[C+]1c1ccc(Cl)cc1. The van der Waals surface area contributed by atoms with Crippen LogP contribution in [0.2, 0.25) is 5.02 Å². The Kier molecular flexibility index (Phi) is 3.02. The van der Waals surface area contributed by atoms with Crippen LogP contribution in [0.3, 0.4) is 0 Å². The van der Waals surface area contributed by atoms with Crippen molar-refractivity contribution in [2.24, 2.45) is 5.92 Å². The third-order valence-electron chi connectivity index (χ3n) is 3.14. The van der Waals surface area contributed by atoms with Crippen molar-refractivity contribution in [1.29, 1.82) is 0 Å². The molecule has 74 valence electrons. The molecule has 1 atom stereocenters. The second kappa shape index (κ2) is 4.27. The molecule has 14 heavy (non-hydrogen) atoms. The van der Waals surface area contributed by atoms with Gasteiger partial charge >= 0.3 is 0 Å². The molecule has 0 amide bonds. The van der Waals surface area contributed by atoms with Gasteiger partial charge in [-0.05, 0) is 19.8 Å². The molecule has 0 bridgehead atoms. The molecule has 0 aliphatic heterocycles. The van der Waals surface area contributed by atoms with Gasteiger partial charge in [0.15, 0.2) is 0 Å². The summed E-state index contributed by atoms with van der Waals surface area (Å²) in [5.74, 6) is 2.37. The zero-order valence-corrected chi connectivity index (χ0v) is 9.35. The standard InChI is InChI=1S/C13H16Cl/c1-10-4-2-3-5-13(10)11-6-8-12(14)9-7-11/h6-10H,2-5H2,1H3/q+1. The highest BCUT2D eigenvalue weighted by molar-refractivity contribution is 6.30. The molecule has 1 aromatic rings. The topological polar surface area (TPSA) is 0 Å². The lowest BCUT2D eigenvalue weighted by molar-refractivity contribution is 0.435. The van der Waals surface area contributed by atoms with Gasteiger partial charge in [0.1, 0.15) is 5.56 Å². The Morgan fingerprint density at radius 3 is 2.57 bits per heavy atom. The van der Waals surface area contributed by atoms with Gasteiger partial charge in [-0.2, -0.15) is 0 Å². The molecule has 1 unspecified atom stereocenters. The van der Waals surface area contributed by atoms with Crippen molar-refractivity contribution in [3.05, 3.63) is 40.8 Å². The fraction of sp³-hybridized carbons (Fsp3) is 0.462. The third-order valence-corrected chi connectivity index (χ3v) is 3.40. The van der Waals surface area contributed by atoms with Crippen molar-refractivity contribution in [1.82, 2.24) is 0 Å². The van der Waals surface area contributed by atoms with Crippen molar-refractivity contribution in [3.8, 4) is 0 Å². The second-order valence-electron chi connectivity index (χ2n) is 4.18. The zero-order chi connectivity index (χ0) is 9.97. The van der Waals surface area contributed by atoms with Gasteiger partial charge < -0.3 is 0 Å². The fourth-order valence-corrected chi connectivity index (χ4v) is 2.41. The molecule has 0 heterocycles. The first-order valence-electron chi connectivity index (χ1n) is 5.39. The van der Waals surface area contributed by atoms with Crippen molar-refractivity contribution in [3.63, 3.8) is 0 Å². The van der Waals surface area contributed by atoms with E-state index in [1.165, 1.54) is 31.2 Å². The second-order valence-corrected chi connectivity index (χ2v) is 4.62. The Hall–Kier alpha value is -0.620. The average molecular weight is 208 g/mol. The molecule has 1 aliphatic carbocycles. The van der Waals surface area contributed by atoms with Crippen LogP contribution >= 0.6 is 11.6 Å². The minimum Gasteiger partial charge on any atom is -0.0818 e. The summed E-state index contributed by atoms with van der Waals surface area (Å²) in [5, 5.41) is 0.831. The van der Waals surface area contributed by atoms with E-state index in [1.807, 2.05) is 12.1 Å². The van der Waals surface area contributed by atoms with Gasteiger partial charge in [0.25, 0.3) is 0 Å². The summed E-state index contributed by atoms with van der Waals surface area (Å²) < 4.78 is 0. The fourth-order valence-electron chi connectivity index (χ4n) is 2.28. The van der Waals surface area contributed by atoms with Crippen LogP contribution in [0.15, 0.2) is 24.3 Å². The number of halogens is 1. The molecular weight excluding hydrogens is 192 g/mol. The van der Waals surface area contributed by atoms with Crippen LogP contribution in [-0.2, 0) is 0 Å². The number of hydrogen-bond acceptors (Lipinski definition) is 0. The molecule has 1 heteroatoms. The smallest absolute Gasteiger partial charge is 0.0818 e. The zero-order valence-electron chi connectivity index (χ0n) is 8.59. The summed E-state index contributed by atoms with van der Waals surface area (Å²) >= 11 is 5.88. The van der Waals surface area contributed by atoms with E-state index in [2.05, 4.69) is 19.1 Å². The molecule has 1 fully saturated rings. The van der Waals surface area contributed by atoms with Crippen molar-refractivity contribution >= 4 is 11.6 Å². The highest BCUT2D eigenvalue weighted by atomic mass is 35.5. The average Bonchev–Trinajstić information content (AvgIpc) is 2.20. The molecule has 0 aromatic heterocycles. The van der Waals surface area contributed by atoms with E-state index in [4.69, 9.17) is 11.6 Å². The Labute approximate surface area is 91.3 Å². The van der Waals surface area contributed by atoms with Crippen LogP contribution in [0.25, 0.3) is 0 Å². The van der Waals surface area contributed by atoms with Crippen LogP contribution in [0.1, 0.15) is 38.2 Å². The molecule has 0 N–H and O–H groups in total. The minimum atomic E-state index is 0.755. The van der Waals surface area contributed by atoms with Crippen LogP contribution < -0.4 is 0 Å². The normalized spacial score (nSPS) is 22.4. The maximum absolute atomic E-state index is 5.88. The lowest BCUT2D eigenvalue weighted by Gasteiger charge is -2.23. The molecule has 2 rings (SSSR count). The molecule has 0 nitrogen and oxygen atoms in total. The Bertz CT molecular complexity index is 289. The lowest BCUT2D eigenvalue weighted by atomic mass is 9.76. The number of benzene rings is 1. The monoisotopic (exact) mass is 207 g/mol. The summed E-state index contributed by atoms with van der Waals surface area (Å²) in [5.41, 5.74) is 1.39. The molecule has 1 aliphatic rings. The Balaban J connectivity index is 2.16. The molecule has 1 saturated carbocycles. The van der Waals surface area contributed by atoms with E-state index in [0.717, 1.165) is 10.9 Å². The largest absolute Gasteiger partial charge is 0.133 e. The molecular formula is C13H16Cl+. The first-order chi connectivity index (χ1) is 6.77. The first-order valence-corrected chi connectivity index (χ1v) is 5.77. The highest BCUT2D eigenvalue weighted by Crippen LogP contribution is 2.36. The van der Waals surface area contributed by atoms with Crippen LogP contribution in [0.5, 0.6) is 0 Å². The molecule has 0 saturated heterocycles. The summed E-state index contributed by atoms with van der Waals surface area (Å²) in [6.45, 7) is 2.34. The Morgan fingerprint density at radius 2 is 1.93 bits per heavy atom. The molecule has 0 radical (unpaired) electrons. The summed E-state index contributed by atoms with van der Waals surface area (Å²) in [4.78, 5) is 0. The minimum absolute atomic E-state index is 0.755. The highest BCUT2D eigenvalue weighted by Gasteiger charge is 2.28. The van der Waals surface area contributed by atoms with E-state index in [0.29, 0.717) is 0 Å². The van der Waals surface area contributed by atoms with Gasteiger partial charge in [0, 0.05) is 42.5 Å². The van der Waals surface area contributed by atoms with Gasteiger partial charge in [-0.3, -0.25) is 0 Å². The van der Waals surface area contributed by atoms with Gasteiger partial charge in [-0.15, -0.1) is 0 Å². The van der Waals surface area contributed by atoms with Gasteiger partial charge in [-0.25, -0.2) is 0 Å². The van der Waals surface area contributed by atoms with Gasteiger partial charge in [0.05, 0.1) is 5.02 Å². The maximum atomic E-state index is 5.88. The van der Waals surface area contributed by atoms with Crippen molar-refractivity contribution in [2.75, 3.05) is 0 Å². The lowest BCUT2D eigenvalue weighted by Crippen LogP contribution is -2.15.